The van der Waals surface area contributed by atoms with Crippen LogP contribution in [0.1, 0.15) is 51.6 Å². The van der Waals surface area contributed by atoms with Crippen LogP contribution in [-0.4, -0.2) is 40.6 Å². The molecular formula is C19H28BrN5O. The molecule has 3 rings (SSSR count). The average Bonchev–Trinajstić information content (AvgIpc) is 2.95. The smallest absolute Gasteiger partial charge is 0.139 e. The summed E-state index contributed by atoms with van der Waals surface area (Å²) in [5, 5.41) is 9.19. The van der Waals surface area contributed by atoms with Gasteiger partial charge in [0.05, 0.1) is 17.5 Å². The molecule has 0 fully saturated rings. The highest BCUT2D eigenvalue weighted by atomic mass is 79.9. The van der Waals surface area contributed by atoms with Gasteiger partial charge in [0.1, 0.15) is 10.4 Å². The zero-order chi connectivity index (χ0) is 18.8. The molecule has 2 aromatic heterocycles. The van der Waals surface area contributed by atoms with Crippen molar-refractivity contribution in [1.29, 1.82) is 0 Å². The topological polar surface area (TPSA) is 78.0 Å². The molecule has 0 saturated heterocycles. The van der Waals surface area contributed by atoms with Crippen LogP contribution < -0.4 is 11.1 Å². The maximum Gasteiger partial charge on any atom is 0.139 e. The maximum atomic E-state index is 6.14. The summed E-state index contributed by atoms with van der Waals surface area (Å²) in [5.41, 5.74) is 9.68. The van der Waals surface area contributed by atoms with E-state index in [0.717, 1.165) is 46.9 Å². The summed E-state index contributed by atoms with van der Waals surface area (Å²) in [6.45, 7) is 7.16. The molecule has 2 heterocycles. The molecule has 1 aliphatic rings. The van der Waals surface area contributed by atoms with Gasteiger partial charge in [-0.2, -0.15) is 5.10 Å². The second-order valence-corrected chi connectivity index (χ2v) is 8.08. The molecule has 26 heavy (non-hydrogen) atoms. The summed E-state index contributed by atoms with van der Waals surface area (Å²) in [5.74, 6) is 0.520. The first kappa shape index (κ1) is 19.3. The summed E-state index contributed by atoms with van der Waals surface area (Å²) in [4.78, 5) is 4.43. The zero-order valence-electron chi connectivity index (χ0n) is 15.9. The van der Waals surface area contributed by atoms with Crippen LogP contribution in [0.2, 0.25) is 0 Å². The van der Waals surface area contributed by atoms with Gasteiger partial charge < -0.3 is 15.8 Å². The van der Waals surface area contributed by atoms with E-state index in [1.807, 2.05) is 10.9 Å². The first-order chi connectivity index (χ1) is 12.4. The summed E-state index contributed by atoms with van der Waals surface area (Å²) >= 11 is 3.55. The van der Waals surface area contributed by atoms with Crippen molar-refractivity contribution < 1.29 is 4.74 Å². The van der Waals surface area contributed by atoms with E-state index in [0.29, 0.717) is 17.9 Å². The van der Waals surface area contributed by atoms with Gasteiger partial charge in [-0.15, -0.1) is 0 Å². The Balaban J connectivity index is 1.92. The average molecular weight is 422 g/mol. The standard InChI is InChI=1S/C19H28BrN5O/c1-11(2)25-17-15(9-22-19(21)16(17)18(20)24-25)13-5-7-14(8-6-13)23-12(3)10-26-4/h5,9,11-12,14,23H,6-8,10H2,1-4H3,(H2,21,22). The Bertz CT molecular complexity index is 814. The van der Waals surface area contributed by atoms with E-state index in [9.17, 15) is 0 Å². The Morgan fingerprint density at radius 2 is 2.19 bits per heavy atom. The molecule has 6 nitrogen and oxygen atoms in total. The van der Waals surface area contributed by atoms with E-state index in [4.69, 9.17) is 10.5 Å². The molecule has 0 spiro atoms. The van der Waals surface area contributed by atoms with E-state index in [2.05, 4.69) is 58.2 Å². The van der Waals surface area contributed by atoms with Crippen LogP contribution in [0, 0.1) is 0 Å². The van der Waals surface area contributed by atoms with Crippen molar-refractivity contribution in [2.24, 2.45) is 0 Å². The third-order valence-electron chi connectivity index (χ3n) is 4.89. The summed E-state index contributed by atoms with van der Waals surface area (Å²) in [6, 6.07) is 1.10. The highest BCUT2D eigenvalue weighted by Gasteiger charge is 2.23. The number of nitrogens with zero attached hydrogens (tertiary/aromatic N) is 3. The van der Waals surface area contributed by atoms with Gasteiger partial charge in [-0.25, -0.2) is 4.98 Å². The molecule has 2 unspecified atom stereocenters. The van der Waals surface area contributed by atoms with Gasteiger partial charge in [0, 0.05) is 37.0 Å². The van der Waals surface area contributed by atoms with Gasteiger partial charge >= 0.3 is 0 Å². The molecule has 3 N–H and O–H groups in total. The predicted molar refractivity (Wildman–Crippen MR) is 110 cm³/mol. The third-order valence-corrected chi connectivity index (χ3v) is 5.45. The van der Waals surface area contributed by atoms with Crippen molar-refractivity contribution in [3.8, 4) is 0 Å². The van der Waals surface area contributed by atoms with Crippen LogP contribution in [0.5, 0.6) is 0 Å². The molecule has 0 aromatic carbocycles. The number of methoxy groups -OCH3 is 1. The predicted octanol–water partition coefficient (Wildman–Crippen LogP) is 3.92. The molecule has 7 heteroatoms. The first-order valence-electron chi connectivity index (χ1n) is 9.19. The van der Waals surface area contributed by atoms with E-state index in [1.165, 1.54) is 5.57 Å². The lowest BCUT2D eigenvalue weighted by atomic mass is 9.90. The summed E-state index contributed by atoms with van der Waals surface area (Å²) < 4.78 is 8.02. The fraction of sp³-hybridized carbons (Fsp3) is 0.579. The number of rotatable bonds is 6. The minimum atomic E-state index is 0.248. The van der Waals surface area contributed by atoms with E-state index in [-0.39, 0.29) is 6.04 Å². The van der Waals surface area contributed by atoms with Gasteiger partial charge in [0.15, 0.2) is 0 Å². The number of hydrogen-bond acceptors (Lipinski definition) is 5. The third kappa shape index (κ3) is 3.80. The second kappa shape index (κ2) is 8.06. The minimum Gasteiger partial charge on any atom is -0.383 e. The molecule has 142 valence electrons. The SMILES string of the molecule is COCC(C)NC1CC=C(c2cnc(N)c3c(Br)nn(C(C)C)c23)CC1. The molecule has 0 radical (unpaired) electrons. The molecule has 0 aliphatic heterocycles. The summed E-state index contributed by atoms with van der Waals surface area (Å²) in [6.07, 6.45) is 7.35. The van der Waals surface area contributed by atoms with Crippen LogP contribution >= 0.6 is 15.9 Å². The Morgan fingerprint density at radius 3 is 2.81 bits per heavy atom. The Labute approximate surface area is 163 Å². The van der Waals surface area contributed by atoms with Crippen LogP contribution in [0.15, 0.2) is 16.9 Å². The van der Waals surface area contributed by atoms with Crippen LogP contribution in [0.25, 0.3) is 16.5 Å². The van der Waals surface area contributed by atoms with Gasteiger partial charge in [-0.3, -0.25) is 4.68 Å². The molecular weight excluding hydrogens is 394 g/mol. The number of halogens is 1. The monoisotopic (exact) mass is 421 g/mol. The molecule has 2 atom stereocenters. The van der Waals surface area contributed by atoms with Gasteiger partial charge in [-0.1, -0.05) is 6.08 Å². The zero-order valence-corrected chi connectivity index (χ0v) is 17.5. The highest BCUT2D eigenvalue weighted by Crippen LogP contribution is 2.37. The first-order valence-corrected chi connectivity index (χ1v) is 9.98. The second-order valence-electron chi connectivity index (χ2n) is 7.33. The number of anilines is 1. The number of fused-ring (bicyclic) bond motifs is 1. The van der Waals surface area contributed by atoms with E-state index < -0.39 is 0 Å². The number of nitrogens with two attached hydrogens (primary N) is 1. The van der Waals surface area contributed by atoms with Crippen molar-refractivity contribution in [3.63, 3.8) is 0 Å². The molecule has 2 aromatic rings. The van der Waals surface area contributed by atoms with Crippen LogP contribution in [-0.2, 0) is 4.74 Å². The number of nitrogen functional groups attached to an aromatic ring is 1. The van der Waals surface area contributed by atoms with E-state index in [1.54, 1.807) is 7.11 Å². The van der Waals surface area contributed by atoms with Crippen molar-refractivity contribution >= 4 is 38.2 Å². The number of nitrogens with one attached hydrogen (secondary N) is 1. The number of pyridine rings is 1. The van der Waals surface area contributed by atoms with Gasteiger partial charge in [0.2, 0.25) is 0 Å². The number of hydrogen-bond donors (Lipinski definition) is 2. The number of allylic oxidation sites excluding steroid dienone is 1. The van der Waals surface area contributed by atoms with Gasteiger partial charge in [0.25, 0.3) is 0 Å². The van der Waals surface area contributed by atoms with Crippen molar-refractivity contribution in [2.45, 2.75) is 58.2 Å². The Morgan fingerprint density at radius 1 is 1.42 bits per heavy atom. The number of aromatic nitrogens is 3. The lowest BCUT2D eigenvalue weighted by molar-refractivity contribution is 0.165. The normalized spacial score (nSPS) is 19.2. The van der Waals surface area contributed by atoms with E-state index >= 15 is 0 Å². The lowest BCUT2D eigenvalue weighted by Crippen LogP contribution is -2.39. The largest absolute Gasteiger partial charge is 0.383 e. The number of ether oxygens (including phenoxy) is 1. The molecule has 0 saturated carbocycles. The maximum absolute atomic E-state index is 6.14. The Hall–Kier alpha value is -1.44. The lowest BCUT2D eigenvalue weighted by Gasteiger charge is -2.26. The van der Waals surface area contributed by atoms with Crippen LogP contribution in [0.4, 0.5) is 5.82 Å². The molecule has 0 amide bonds. The van der Waals surface area contributed by atoms with Crippen molar-refractivity contribution in [3.05, 3.63) is 22.4 Å². The highest BCUT2D eigenvalue weighted by molar-refractivity contribution is 9.10. The summed E-state index contributed by atoms with van der Waals surface area (Å²) in [7, 11) is 1.74. The fourth-order valence-electron chi connectivity index (χ4n) is 3.69. The Kier molecular flexibility index (Phi) is 5.99. The van der Waals surface area contributed by atoms with Crippen molar-refractivity contribution in [1.82, 2.24) is 20.1 Å². The minimum absolute atomic E-state index is 0.248. The fourth-order valence-corrected chi connectivity index (χ4v) is 4.25. The van der Waals surface area contributed by atoms with Gasteiger partial charge in [-0.05, 0) is 61.5 Å². The van der Waals surface area contributed by atoms with Crippen molar-refractivity contribution in [2.75, 3.05) is 19.5 Å². The molecule has 1 aliphatic carbocycles. The molecule has 0 bridgehead atoms. The van der Waals surface area contributed by atoms with Crippen LogP contribution in [0.3, 0.4) is 0 Å². The quantitative estimate of drug-likeness (QED) is 0.738.